The van der Waals surface area contributed by atoms with Crippen molar-refractivity contribution < 1.29 is 22.7 Å². The van der Waals surface area contributed by atoms with Gasteiger partial charge in [-0.3, -0.25) is 9.59 Å². The summed E-state index contributed by atoms with van der Waals surface area (Å²) in [5, 5.41) is 2.76. The lowest BCUT2D eigenvalue weighted by Crippen LogP contribution is -2.47. The van der Waals surface area contributed by atoms with Crippen LogP contribution >= 0.6 is 0 Å². The quantitative estimate of drug-likeness (QED) is 0.653. The van der Waals surface area contributed by atoms with E-state index in [0.29, 0.717) is 0 Å². The summed E-state index contributed by atoms with van der Waals surface area (Å²) in [6.07, 6.45) is 0.874. The Balaban J connectivity index is 2.09. The maximum atomic E-state index is 12.7. The predicted octanol–water partition coefficient (Wildman–Crippen LogP) is 1.82. The van der Waals surface area contributed by atoms with E-state index in [-0.39, 0.29) is 22.8 Å². The molecule has 1 saturated carbocycles. The zero-order valence-electron chi connectivity index (χ0n) is 16.4. The normalized spacial score (nSPS) is 16.7. The molecule has 2 atom stereocenters. The number of sulfonamides is 1. The van der Waals surface area contributed by atoms with Crippen LogP contribution in [0.2, 0.25) is 0 Å². The highest BCUT2D eigenvalue weighted by atomic mass is 32.2. The molecule has 0 aromatic heterocycles. The number of hydrogen-bond donors (Lipinski definition) is 2. The van der Waals surface area contributed by atoms with Crippen LogP contribution in [0, 0.1) is 19.8 Å². The van der Waals surface area contributed by atoms with Crippen LogP contribution in [0.25, 0.3) is 0 Å². The molecule has 2 N–H and O–H groups in total. The summed E-state index contributed by atoms with van der Waals surface area (Å²) in [7, 11) is -3.91. The van der Waals surface area contributed by atoms with Crippen molar-refractivity contribution in [3.63, 3.8) is 0 Å². The topological polar surface area (TPSA) is 102 Å². The van der Waals surface area contributed by atoms with Crippen LogP contribution < -0.4 is 10.0 Å². The lowest BCUT2D eigenvalue weighted by molar-refractivity contribution is -0.157. The first-order valence-corrected chi connectivity index (χ1v) is 10.6. The van der Waals surface area contributed by atoms with E-state index in [1.807, 2.05) is 13.8 Å². The number of amides is 1. The number of nitrogens with one attached hydrogen (secondary N) is 2. The second-order valence-corrected chi connectivity index (χ2v) is 9.16. The van der Waals surface area contributed by atoms with Crippen molar-refractivity contribution in [3.05, 3.63) is 29.3 Å². The van der Waals surface area contributed by atoms with E-state index < -0.39 is 28.1 Å². The van der Waals surface area contributed by atoms with E-state index in [9.17, 15) is 18.0 Å². The number of carbonyl (C=O) groups excluding carboxylic acids is 2. The molecule has 1 aromatic carbocycles. The molecule has 0 saturated heterocycles. The zero-order valence-corrected chi connectivity index (χ0v) is 17.2. The Morgan fingerprint density at radius 3 is 2.26 bits per heavy atom. The fourth-order valence-electron chi connectivity index (χ4n) is 2.42. The van der Waals surface area contributed by atoms with Crippen LogP contribution in [0.4, 0.5) is 0 Å². The van der Waals surface area contributed by atoms with Crippen LogP contribution in [0.1, 0.15) is 44.7 Å². The molecule has 7 nitrogen and oxygen atoms in total. The van der Waals surface area contributed by atoms with E-state index in [2.05, 4.69) is 10.0 Å². The highest BCUT2D eigenvalue weighted by Crippen LogP contribution is 2.19. The maximum Gasteiger partial charge on any atom is 0.325 e. The molecule has 8 heteroatoms. The summed E-state index contributed by atoms with van der Waals surface area (Å²) >= 11 is 0. The number of ether oxygens (including phenoxy) is 1. The number of aryl methyl sites for hydroxylation is 2. The van der Waals surface area contributed by atoms with Gasteiger partial charge >= 0.3 is 5.97 Å². The summed E-state index contributed by atoms with van der Waals surface area (Å²) in [5.41, 5.74) is 1.82. The van der Waals surface area contributed by atoms with Crippen molar-refractivity contribution in [3.8, 4) is 0 Å². The molecule has 1 aliphatic rings. The smallest absolute Gasteiger partial charge is 0.325 e. The average Bonchev–Trinajstić information content (AvgIpc) is 3.38. The SMILES string of the molecule is Cc1ccc(S(=O)(=O)N[C@@H](C(=O)O[C@H](C)C(=O)NC2CC2)C(C)C)cc1C. The van der Waals surface area contributed by atoms with E-state index in [1.54, 1.807) is 26.0 Å². The highest BCUT2D eigenvalue weighted by molar-refractivity contribution is 7.89. The van der Waals surface area contributed by atoms with Gasteiger partial charge in [0.05, 0.1) is 4.90 Å². The molecule has 1 aromatic rings. The molecule has 0 aliphatic heterocycles. The number of benzene rings is 1. The Kier molecular flexibility index (Phi) is 6.64. The Labute approximate surface area is 160 Å². The van der Waals surface area contributed by atoms with Gasteiger partial charge in [-0.1, -0.05) is 19.9 Å². The summed E-state index contributed by atoms with van der Waals surface area (Å²) in [6, 6.07) is 3.85. The largest absolute Gasteiger partial charge is 0.451 e. The standard InChI is InChI=1S/C19H28N2O5S/c1-11(2)17(19(23)26-14(5)18(22)20-15-7-8-15)21-27(24,25)16-9-6-12(3)13(4)10-16/h6,9-11,14-15,17,21H,7-8H2,1-5H3,(H,20,22)/t14-,17-/m1/s1. The van der Waals surface area contributed by atoms with Crippen LogP contribution in [-0.4, -0.2) is 38.5 Å². The predicted molar refractivity (Wildman–Crippen MR) is 102 cm³/mol. The van der Waals surface area contributed by atoms with Gasteiger partial charge in [0, 0.05) is 6.04 Å². The average molecular weight is 397 g/mol. The van der Waals surface area contributed by atoms with Crippen molar-refractivity contribution in [2.45, 2.75) is 70.5 Å². The van der Waals surface area contributed by atoms with Gasteiger partial charge in [0.15, 0.2) is 6.10 Å². The summed E-state index contributed by atoms with van der Waals surface area (Å²) in [5.74, 6) is -1.49. The van der Waals surface area contributed by atoms with Crippen molar-refractivity contribution in [2.24, 2.45) is 5.92 Å². The first-order chi connectivity index (χ1) is 12.5. The molecule has 0 unspecified atom stereocenters. The highest BCUT2D eigenvalue weighted by Gasteiger charge is 2.33. The monoisotopic (exact) mass is 396 g/mol. The van der Waals surface area contributed by atoms with E-state index in [4.69, 9.17) is 4.74 Å². The summed E-state index contributed by atoms with van der Waals surface area (Å²) < 4.78 is 33.0. The van der Waals surface area contributed by atoms with Crippen LogP contribution in [0.15, 0.2) is 23.1 Å². The number of esters is 1. The Hall–Kier alpha value is -1.93. The van der Waals surface area contributed by atoms with Gasteiger partial charge in [-0.15, -0.1) is 0 Å². The Bertz CT molecular complexity index is 815. The molecule has 0 spiro atoms. The van der Waals surface area contributed by atoms with Gasteiger partial charge < -0.3 is 10.1 Å². The zero-order chi connectivity index (χ0) is 20.4. The van der Waals surface area contributed by atoms with Crippen LogP contribution in [0.5, 0.6) is 0 Å². The minimum absolute atomic E-state index is 0.0866. The molecular formula is C19H28N2O5S. The van der Waals surface area contributed by atoms with Gasteiger partial charge in [-0.25, -0.2) is 8.42 Å². The second kappa shape index (κ2) is 8.39. The van der Waals surface area contributed by atoms with E-state index in [1.165, 1.54) is 13.0 Å². The molecule has 2 rings (SSSR count). The van der Waals surface area contributed by atoms with Crippen molar-refractivity contribution >= 4 is 21.9 Å². The molecule has 27 heavy (non-hydrogen) atoms. The lowest BCUT2D eigenvalue weighted by atomic mass is 10.1. The third kappa shape index (κ3) is 5.77. The number of rotatable bonds is 8. The van der Waals surface area contributed by atoms with Crippen LogP contribution in [0.3, 0.4) is 0 Å². The molecule has 1 amide bonds. The van der Waals surface area contributed by atoms with Gasteiger partial charge in [0.2, 0.25) is 10.0 Å². The van der Waals surface area contributed by atoms with Crippen molar-refractivity contribution in [1.29, 1.82) is 0 Å². The molecule has 150 valence electrons. The minimum Gasteiger partial charge on any atom is -0.451 e. The molecule has 1 aliphatic carbocycles. The molecule has 0 heterocycles. The molecule has 0 bridgehead atoms. The fourth-order valence-corrected chi connectivity index (χ4v) is 3.84. The second-order valence-electron chi connectivity index (χ2n) is 7.45. The van der Waals surface area contributed by atoms with Gasteiger partial charge in [-0.05, 0) is 62.8 Å². The van der Waals surface area contributed by atoms with Gasteiger partial charge in [0.1, 0.15) is 6.04 Å². The fraction of sp³-hybridized carbons (Fsp3) is 0.579. The first kappa shape index (κ1) is 21.4. The van der Waals surface area contributed by atoms with Crippen LogP contribution in [-0.2, 0) is 24.3 Å². The molecular weight excluding hydrogens is 368 g/mol. The molecule has 1 fully saturated rings. The first-order valence-electron chi connectivity index (χ1n) is 9.11. The minimum atomic E-state index is -3.91. The third-order valence-corrected chi connectivity index (χ3v) is 6.02. The van der Waals surface area contributed by atoms with Crippen molar-refractivity contribution in [2.75, 3.05) is 0 Å². The summed E-state index contributed by atoms with van der Waals surface area (Å²) in [6.45, 7) is 8.61. The van der Waals surface area contributed by atoms with Gasteiger partial charge in [0.25, 0.3) is 5.91 Å². The lowest BCUT2D eigenvalue weighted by Gasteiger charge is -2.23. The Morgan fingerprint density at radius 2 is 1.74 bits per heavy atom. The summed E-state index contributed by atoms with van der Waals surface area (Å²) in [4.78, 5) is 24.6. The maximum absolute atomic E-state index is 12.7. The third-order valence-electron chi connectivity index (χ3n) is 4.58. The van der Waals surface area contributed by atoms with E-state index >= 15 is 0 Å². The Morgan fingerprint density at radius 1 is 1.11 bits per heavy atom. The van der Waals surface area contributed by atoms with Gasteiger partial charge in [-0.2, -0.15) is 4.72 Å². The van der Waals surface area contributed by atoms with Crippen molar-refractivity contribution in [1.82, 2.24) is 10.0 Å². The number of carbonyl (C=O) groups is 2. The molecule has 0 radical (unpaired) electrons. The number of hydrogen-bond acceptors (Lipinski definition) is 5. The van der Waals surface area contributed by atoms with E-state index in [0.717, 1.165) is 24.0 Å².